The van der Waals surface area contributed by atoms with Crippen molar-refractivity contribution in [2.75, 3.05) is 45.0 Å². The SMILES string of the molecule is CCCCNC(=O)CN1CCN(C(=O)c2nccnc2N)CC1. The summed E-state index contributed by atoms with van der Waals surface area (Å²) < 4.78 is 0. The number of nitrogens with one attached hydrogen (secondary N) is 1. The highest BCUT2D eigenvalue weighted by atomic mass is 16.2. The Bertz CT molecular complexity index is 543. The Morgan fingerprint density at radius 3 is 2.57 bits per heavy atom. The summed E-state index contributed by atoms with van der Waals surface area (Å²) in [5, 5.41) is 2.90. The molecule has 126 valence electrons. The van der Waals surface area contributed by atoms with E-state index < -0.39 is 0 Å². The smallest absolute Gasteiger partial charge is 0.276 e. The van der Waals surface area contributed by atoms with Crippen LogP contribution in [0.2, 0.25) is 0 Å². The first-order chi connectivity index (χ1) is 11.1. The van der Waals surface area contributed by atoms with Crippen molar-refractivity contribution in [1.82, 2.24) is 25.1 Å². The lowest BCUT2D eigenvalue weighted by Gasteiger charge is -2.34. The molecule has 1 aliphatic heterocycles. The van der Waals surface area contributed by atoms with Crippen LogP contribution in [0, 0.1) is 0 Å². The number of hydrogen-bond donors (Lipinski definition) is 2. The highest BCUT2D eigenvalue weighted by Crippen LogP contribution is 2.10. The summed E-state index contributed by atoms with van der Waals surface area (Å²) in [6.07, 6.45) is 4.97. The van der Waals surface area contributed by atoms with Gasteiger partial charge in [0, 0.05) is 45.1 Å². The van der Waals surface area contributed by atoms with E-state index in [4.69, 9.17) is 5.73 Å². The number of carbonyl (C=O) groups is 2. The Hall–Kier alpha value is -2.22. The van der Waals surface area contributed by atoms with E-state index in [1.165, 1.54) is 12.4 Å². The van der Waals surface area contributed by atoms with Gasteiger partial charge in [-0.25, -0.2) is 9.97 Å². The van der Waals surface area contributed by atoms with E-state index in [9.17, 15) is 9.59 Å². The molecule has 0 saturated carbocycles. The standard InChI is InChI=1S/C15H24N6O2/c1-2-3-4-17-12(22)11-20-7-9-21(10-8-20)15(23)13-14(16)19-6-5-18-13/h5-6H,2-4,7-11H2,1H3,(H2,16,19)(H,17,22). The molecule has 1 aromatic heterocycles. The number of anilines is 1. The minimum Gasteiger partial charge on any atom is -0.382 e. The second-order valence-electron chi connectivity index (χ2n) is 5.56. The van der Waals surface area contributed by atoms with E-state index in [2.05, 4.69) is 22.2 Å². The Morgan fingerprint density at radius 2 is 1.91 bits per heavy atom. The fourth-order valence-corrected chi connectivity index (χ4v) is 2.44. The first kappa shape index (κ1) is 17.1. The summed E-state index contributed by atoms with van der Waals surface area (Å²) in [5.41, 5.74) is 5.89. The van der Waals surface area contributed by atoms with Crippen LogP contribution in [0.4, 0.5) is 5.82 Å². The number of nitrogens with zero attached hydrogens (tertiary/aromatic N) is 4. The summed E-state index contributed by atoms with van der Waals surface area (Å²) in [4.78, 5) is 35.8. The van der Waals surface area contributed by atoms with Gasteiger partial charge in [-0.15, -0.1) is 0 Å². The van der Waals surface area contributed by atoms with Gasteiger partial charge in [-0.2, -0.15) is 0 Å². The van der Waals surface area contributed by atoms with Crippen molar-refractivity contribution < 1.29 is 9.59 Å². The molecular formula is C15H24N6O2. The van der Waals surface area contributed by atoms with Crippen LogP contribution in [0.25, 0.3) is 0 Å². The topological polar surface area (TPSA) is 104 Å². The number of aromatic nitrogens is 2. The highest BCUT2D eigenvalue weighted by Gasteiger charge is 2.25. The van der Waals surface area contributed by atoms with Gasteiger partial charge in [-0.1, -0.05) is 13.3 Å². The Labute approximate surface area is 136 Å². The molecule has 0 bridgehead atoms. The molecule has 0 aliphatic carbocycles. The van der Waals surface area contributed by atoms with Crippen molar-refractivity contribution in [1.29, 1.82) is 0 Å². The van der Waals surface area contributed by atoms with Gasteiger partial charge in [-0.05, 0) is 6.42 Å². The number of rotatable bonds is 6. The van der Waals surface area contributed by atoms with Crippen molar-refractivity contribution >= 4 is 17.6 Å². The van der Waals surface area contributed by atoms with Crippen LogP contribution < -0.4 is 11.1 Å². The van der Waals surface area contributed by atoms with Crippen molar-refractivity contribution in [3.8, 4) is 0 Å². The van der Waals surface area contributed by atoms with Gasteiger partial charge < -0.3 is 16.0 Å². The van der Waals surface area contributed by atoms with Crippen LogP contribution in [0.3, 0.4) is 0 Å². The van der Waals surface area contributed by atoms with Crippen molar-refractivity contribution in [2.24, 2.45) is 0 Å². The number of unbranched alkanes of at least 4 members (excludes halogenated alkanes) is 1. The number of nitrogens with two attached hydrogens (primary N) is 1. The predicted octanol–water partition coefficient (Wildman–Crippen LogP) is -0.267. The number of piperazine rings is 1. The molecule has 0 aromatic carbocycles. The van der Waals surface area contributed by atoms with Crippen LogP contribution in [-0.2, 0) is 4.79 Å². The summed E-state index contributed by atoms with van der Waals surface area (Å²) in [6, 6.07) is 0. The average molecular weight is 320 g/mol. The van der Waals surface area contributed by atoms with Gasteiger partial charge in [0.25, 0.3) is 5.91 Å². The third kappa shape index (κ3) is 4.88. The molecule has 2 heterocycles. The number of carbonyl (C=O) groups excluding carboxylic acids is 2. The molecule has 0 atom stereocenters. The third-order valence-electron chi connectivity index (χ3n) is 3.81. The lowest BCUT2D eigenvalue weighted by molar-refractivity contribution is -0.122. The van der Waals surface area contributed by atoms with Gasteiger partial charge in [-0.3, -0.25) is 14.5 Å². The molecular weight excluding hydrogens is 296 g/mol. The minimum atomic E-state index is -0.206. The first-order valence-electron chi connectivity index (χ1n) is 7.96. The Balaban J connectivity index is 1.79. The van der Waals surface area contributed by atoms with E-state index in [0.717, 1.165) is 19.4 Å². The van der Waals surface area contributed by atoms with Gasteiger partial charge in [0.1, 0.15) is 0 Å². The summed E-state index contributed by atoms with van der Waals surface area (Å²) in [6.45, 7) is 5.61. The van der Waals surface area contributed by atoms with Gasteiger partial charge in [0.2, 0.25) is 5.91 Å². The third-order valence-corrected chi connectivity index (χ3v) is 3.81. The molecule has 8 heteroatoms. The molecule has 23 heavy (non-hydrogen) atoms. The fraction of sp³-hybridized carbons (Fsp3) is 0.600. The Kier molecular flexibility index (Phi) is 6.28. The van der Waals surface area contributed by atoms with Crippen LogP contribution in [0.1, 0.15) is 30.3 Å². The first-order valence-corrected chi connectivity index (χ1v) is 7.96. The molecule has 0 spiro atoms. The maximum absolute atomic E-state index is 12.4. The van der Waals surface area contributed by atoms with Crippen LogP contribution in [0.5, 0.6) is 0 Å². The van der Waals surface area contributed by atoms with Crippen molar-refractivity contribution in [2.45, 2.75) is 19.8 Å². The average Bonchev–Trinajstić information content (AvgIpc) is 2.56. The molecule has 3 N–H and O–H groups in total. The maximum Gasteiger partial charge on any atom is 0.276 e. The number of nitrogen functional groups attached to an aromatic ring is 1. The predicted molar refractivity (Wildman–Crippen MR) is 86.7 cm³/mol. The van der Waals surface area contributed by atoms with E-state index in [1.807, 2.05) is 4.90 Å². The molecule has 2 amide bonds. The quantitative estimate of drug-likeness (QED) is 0.699. The normalized spacial score (nSPS) is 15.4. The van der Waals surface area contributed by atoms with Gasteiger partial charge in [0.15, 0.2) is 11.5 Å². The van der Waals surface area contributed by atoms with E-state index in [0.29, 0.717) is 32.7 Å². The van der Waals surface area contributed by atoms with Gasteiger partial charge in [0.05, 0.1) is 6.54 Å². The Morgan fingerprint density at radius 1 is 1.22 bits per heavy atom. The van der Waals surface area contributed by atoms with Crippen molar-refractivity contribution in [3.05, 3.63) is 18.1 Å². The zero-order chi connectivity index (χ0) is 16.7. The molecule has 2 rings (SSSR count). The van der Waals surface area contributed by atoms with Gasteiger partial charge >= 0.3 is 0 Å². The second-order valence-corrected chi connectivity index (χ2v) is 5.56. The largest absolute Gasteiger partial charge is 0.382 e. The monoisotopic (exact) mass is 320 g/mol. The molecule has 1 saturated heterocycles. The van der Waals surface area contributed by atoms with Crippen LogP contribution in [-0.4, -0.2) is 70.9 Å². The zero-order valence-corrected chi connectivity index (χ0v) is 13.5. The van der Waals surface area contributed by atoms with Crippen molar-refractivity contribution in [3.63, 3.8) is 0 Å². The van der Waals surface area contributed by atoms with Crippen LogP contribution in [0.15, 0.2) is 12.4 Å². The number of amides is 2. The van der Waals surface area contributed by atoms with E-state index in [1.54, 1.807) is 4.90 Å². The molecule has 0 radical (unpaired) electrons. The minimum absolute atomic E-state index is 0.0383. The molecule has 0 unspecified atom stereocenters. The maximum atomic E-state index is 12.4. The molecule has 1 aromatic rings. The molecule has 1 fully saturated rings. The lowest BCUT2D eigenvalue weighted by Crippen LogP contribution is -2.51. The summed E-state index contributed by atoms with van der Waals surface area (Å²) in [5.74, 6) is -0.0192. The molecule has 1 aliphatic rings. The van der Waals surface area contributed by atoms with E-state index in [-0.39, 0.29) is 23.3 Å². The fourth-order valence-electron chi connectivity index (χ4n) is 2.44. The van der Waals surface area contributed by atoms with Crippen LogP contribution >= 0.6 is 0 Å². The van der Waals surface area contributed by atoms with E-state index >= 15 is 0 Å². The summed E-state index contributed by atoms with van der Waals surface area (Å²) in [7, 11) is 0. The second kappa shape index (κ2) is 8.42. The zero-order valence-electron chi connectivity index (χ0n) is 13.5. The molecule has 8 nitrogen and oxygen atoms in total. The lowest BCUT2D eigenvalue weighted by atomic mass is 10.2. The number of hydrogen-bond acceptors (Lipinski definition) is 6. The summed E-state index contributed by atoms with van der Waals surface area (Å²) >= 11 is 0. The highest BCUT2D eigenvalue weighted by molar-refractivity contribution is 5.96.